The summed E-state index contributed by atoms with van der Waals surface area (Å²) >= 11 is 0. The molecular formula is C14H16N4O3. The number of nitrogens with zero attached hydrogens (tertiary/aromatic N) is 1. The molecule has 7 heteroatoms. The second-order valence-electron chi connectivity index (χ2n) is 4.71. The quantitative estimate of drug-likeness (QED) is 0.696. The van der Waals surface area contributed by atoms with Crippen molar-refractivity contribution >= 4 is 23.4 Å². The van der Waals surface area contributed by atoms with Crippen molar-refractivity contribution in [1.82, 2.24) is 9.97 Å². The maximum Gasteiger partial charge on any atom is 0.354 e. The molecule has 0 spiro atoms. The van der Waals surface area contributed by atoms with E-state index >= 15 is 0 Å². The lowest BCUT2D eigenvalue weighted by Gasteiger charge is -2.09. The number of carboxylic acid groups (broad SMARTS) is 1. The van der Waals surface area contributed by atoms with E-state index in [-0.39, 0.29) is 11.4 Å². The minimum Gasteiger partial charge on any atom is -0.477 e. The molecule has 7 nitrogen and oxygen atoms in total. The molecule has 2 aromatic heterocycles. The van der Waals surface area contributed by atoms with Gasteiger partial charge in [-0.15, -0.1) is 0 Å². The lowest BCUT2D eigenvalue weighted by atomic mass is 10.3. The van der Waals surface area contributed by atoms with E-state index in [9.17, 15) is 9.59 Å². The summed E-state index contributed by atoms with van der Waals surface area (Å²) in [6.45, 7) is 5.36. The van der Waals surface area contributed by atoms with Crippen LogP contribution in [-0.2, 0) is 0 Å². The van der Waals surface area contributed by atoms with Gasteiger partial charge in [-0.05, 0) is 39.0 Å². The van der Waals surface area contributed by atoms with E-state index in [1.54, 1.807) is 32.0 Å². The number of aromatic amines is 1. The molecule has 0 aliphatic rings. The Morgan fingerprint density at radius 2 is 1.81 bits per heavy atom. The highest BCUT2D eigenvalue weighted by Crippen LogP contribution is 2.18. The zero-order valence-corrected chi connectivity index (χ0v) is 11.9. The second-order valence-corrected chi connectivity index (χ2v) is 4.71. The second kappa shape index (κ2) is 5.66. The van der Waals surface area contributed by atoms with Gasteiger partial charge in [0.1, 0.15) is 5.69 Å². The summed E-state index contributed by atoms with van der Waals surface area (Å²) < 4.78 is 0. The molecule has 0 atom stereocenters. The summed E-state index contributed by atoms with van der Waals surface area (Å²) in [6.07, 6.45) is 0. The van der Waals surface area contributed by atoms with Crippen molar-refractivity contribution in [2.75, 3.05) is 10.6 Å². The first-order valence-electron chi connectivity index (χ1n) is 6.32. The van der Waals surface area contributed by atoms with E-state index in [4.69, 9.17) is 5.11 Å². The first-order chi connectivity index (χ1) is 9.86. The van der Waals surface area contributed by atoms with Crippen LogP contribution in [-0.4, -0.2) is 27.1 Å². The van der Waals surface area contributed by atoms with Gasteiger partial charge in [-0.25, -0.2) is 9.59 Å². The number of hydrogen-bond acceptors (Lipinski definition) is 3. The Morgan fingerprint density at radius 3 is 2.43 bits per heavy atom. The number of pyridine rings is 1. The molecule has 0 radical (unpaired) electrons. The van der Waals surface area contributed by atoms with Gasteiger partial charge in [-0.3, -0.25) is 4.98 Å². The molecule has 0 aliphatic heterocycles. The van der Waals surface area contributed by atoms with E-state index in [1.165, 1.54) is 0 Å². The van der Waals surface area contributed by atoms with E-state index in [2.05, 4.69) is 20.6 Å². The zero-order chi connectivity index (χ0) is 15.6. The Kier molecular flexibility index (Phi) is 3.93. The van der Waals surface area contributed by atoms with Crippen molar-refractivity contribution in [1.29, 1.82) is 0 Å². The number of rotatable bonds is 3. The van der Waals surface area contributed by atoms with Crippen molar-refractivity contribution in [3.63, 3.8) is 0 Å². The van der Waals surface area contributed by atoms with Gasteiger partial charge in [0.05, 0.1) is 17.1 Å². The summed E-state index contributed by atoms with van der Waals surface area (Å²) in [5, 5.41) is 14.2. The summed E-state index contributed by atoms with van der Waals surface area (Å²) in [7, 11) is 0. The number of amides is 2. The van der Waals surface area contributed by atoms with Crippen LogP contribution in [0.5, 0.6) is 0 Å². The molecule has 0 saturated carbocycles. The SMILES string of the molecule is Cc1ccc(NC(=O)Nc2cc(C)[nH]c2C(=O)O)c(C)n1. The average Bonchev–Trinajstić information content (AvgIpc) is 2.74. The number of carbonyl (C=O) groups excluding carboxylic acids is 1. The van der Waals surface area contributed by atoms with Crippen LogP contribution in [0.3, 0.4) is 0 Å². The lowest BCUT2D eigenvalue weighted by molar-refractivity contribution is 0.0692. The molecule has 0 saturated heterocycles. The van der Waals surface area contributed by atoms with Crippen molar-refractivity contribution in [2.45, 2.75) is 20.8 Å². The Bertz CT molecular complexity index is 706. The van der Waals surface area contributed by atoms with Gasteiger partial charge in [0.25, 0.3) is 0 Å². The van der Waals surface area contributed by atoms with Crippen LogP contribution in [0, 0.1) is 20.8 Å². The van der Waals surface area contributed by atoms with Crippen molar-refractivity contribution in [3.05, 3.63) is 41.0 Å². The third-order valence-corrected chi connectivity index (χ3v) is 2.89. The normalized spacial score (nSPS) is 10.2. The van der Waals surface area contributed by atoms with E-state index in [0.717, 1.165) is 5.69 Å². The fraction of sp³-hybridized carbons (Fsp3) is 0.214. The number of carboxylic acids is 1. The molecule has 0 aliphatic carbocycles. The molecule has 2 rings (SSSR count). The van der Waals surface area contributed by atoms with Gasteiger partial charge >= 0.3 is 12.0 Å². The molecule has 110 valence electrons. The summed E-state index contributed by atoms with van der Waals surface area (Å²) in [5.74, 6) is -1.13. The minimum absolute atomic E-state index is 0.0543. The first-order valence-corrected chi connectivity index (χ1v) is 6.32. The highest BCUT2D eigenvalue weighted by atomic mass is 16.4. The molecule has 0 bridgehead atoms. The minimum atomic E-state index is -1.13. The standard InChI is InChI=1S/C14H16N4O3/c1-7-4-5-10(9(3)15-7)17-14(21)18-11-6-8(2)16-12(11)13(19)20/h4-6,16H,1-3H3,(H,19,20)(H2,17,18,21). The Morgan fingerprint density at radius 1 is 1.14 bits per heavy atom. The first kappa shape index (κ1) is 14.6. The summed E-state index contributed by atoms with van der Waals surface area (Å²) in [4.78, 5) is 29.9. The largest absolute Gasteiger partial charge is 0.477 e. The molecule has 2 aromatic rings. The Balaban J connectivity index is 2.13. The summed E-state index contributed by atoms with van der Waals surface area (Å²) in [5.41, 5.74) is 2.93. The fourth-order valence-corrected chi connectivity index (χ4v) is 1.95. The molecule has 0 fully saturated rings. The number of aryl methyl sites for hydroxylation is 3. The highest BCUT2D eigenvalue weighted by Gasteiger charge is 2.15. The van der Waals surface area contributed by atoms with Gasteiger partial charge in [0.2, 0.25) is 0 Å². The van der Waals surface area contributed by atoms with Crippen molar-refractivity contribution < 1.29 is 14.7 Å². The van der Waals surface area contributed by atoms with E-state index in [0.29, 0.717) is 17.1 Å². The molecule has 2 heterocycles. The molecular weight excluding hydrogens is 272 g/mol. The molecule has 21 heavy (non-hydrogen) atoms. The third-order valence-electron chi connectivity index (χ3n) is 2.89. The molecule has 4 N–H and O–H groups in total. The maximum absolute atomic E-state index is 11.9. The van der Waals surface area contributed by atoms with Crippen LogP contribution in [0.25, 0.3) is 0 Å². The molecule has 2 amide bonds. The maximum atomic E-state index is 11.9. The van der Waals surface area contributed by atoms with Gasteiger partial charge in [0, 0.05) is 11.4 Å². The number of H-pyrrole nitrogens is 1. The van der Waals surface area contributed by atoms with E-state index in [1.807, 2.05) is 6.92 Å². The number of urea groups is 1. The van der Waals surface area contributed by atoms with Gasteiger partial charge in [-0.2, -0.15) is 0 Å². The van der Waals surface area contributed by atoms with Crippen LogP contribution in [0.2, 0.25) is 0 Å². The van der Waals surface area contributed by atoms with Crippen LogP contribution in [0.15, 0.2) is 18.2 Å². The topological polar surface area (TPSA) is 107 Å². The van der Waals surface area contributed by atoms with Crippen molar-refractivity contribution in [2.24, 2.45) is 0 Å². The summed E-state index contributed by atoms with van der Waals surface area (Å²) in [6, 6.07) is 4.57. The van der Waals surface area contributed by atoms with Crippen LogP contribution in [0.1, 0.15) is 27.6 Å². The predicted molar refractivity (Wildman–Crippen MR) is 78.8 cm³/mol. The monoisotopic (exact) mass is 288 g/mol. The van der Waals surface area contributed by atoms with Crippen LogP contribution < -0.4 is 10.6 Å². The fourth-order valence-electron chi connectivity index (χ4n) is 1.95. The average molecular weight is 288 g/mol. The Labute approximate surface area is 121 Å². The number of aromatic nitrogens is 2. The van der Waals surface area contributed by atoms with Crippen molar-refractivity contribution in [3.8, 4) is 0 Å². The smallest absolute Gasteiger partial charge is 0.354 e. The predicted octanol–water partition coefficient (Wildman–Crippen LogP) is 2.68. The number of anilines is 2. The Hall–Kier alpha value is -2.83. The third kappa shape index (κ3) is 3.38. The van der Waals surface area contributed by atoms with Crippen LogP contribution in [0.4, 0.5) is 16.2 Å². The number of carbonyl (C=O) groups is 2. The van der Waals surface area contributed by atoms with Gasteiger partial charge in [-0.1, -0.05) is 0 Å². The zero-order valence-electron chi connectivity index (χ0n) is 11.9. The van der Waals surface area contributed by atoms with Gasteiger partial charge < -0.3 is 20.7 Å². The van der Waals surface area contributed by atoms with Crippen LogP contribution >= 0.6 is 0 Å². The number of hydrogen-bond donors (Lipinski definition) is 4. The number of nitrogens with one attached hydrogen (secondary N) is 3. The molecule has 0 unspecified atom stereocenters. The highest BCUT2D eigenvalue weighted by molar-refractivity contribution is 6.04. The van der Waals surface area contributed by atoms with E-state index < -0.39 is 12.0 Å². The number of aromatic carboxylic acids is 1. The lowest BCUT2D eigenvalue weighted by Crippen LogP contribution is -2.21. The van der Waals surface area contributed by atoms with Gasteiger partial charge in [0.15, 0.2) is 0 Å². The molecule has 0 aromatic carbocycles.